The van der Waals surface area contributed by atoms with Crippen LogP contribution in [0.2, 0.25) is 0 Å². The third-order valence-electron chi connectivity index (χ3n) is 4.32. The Labute approximate surface area is 104 Å². The molecule has 16 heavy (non-hydrogen) atoms. The molecule has 0 aromatic rings. The van der Waals surface area contributed by atoms with Crippen molar-refractivity contribution >= 4 is 0 Å². The van der Waals surface area contributed by atoms with Gasteiger partial charge in [0.1, 0.15) is 0 Å². The van der Waals surface area contributed by atoms with Crippen LogP contribution in [0.3, 0.4) is 0 Å². The zero-order valence-corrected chi connectivity index (χ0v) is 12.3. The average Bonchev–Trinajstić information content (AvgIpc) is 2.23. The van der Waals surface area contributed by atoms with E-state index in [1.807, 2.05) is 0 Å². The molecule has 0 heterocycles. The Kier molecular flexibility index (Phi) is 7.03. The summed E-state index contributed by atoms with van der Waals surface area (Å²) in [7, 11) is 0. The maximum Gasteiger partial charge on any atom is -0.0302 e. The molecule has 0 radical (unpaired) electrons. The van der Waals surface area contributed by atoms with E-state index in [2.05, 4.69) is 54.2 Å². The molecular formula is C16H32. The molecule has 0 rings (SSSR count). The van der Waals surface area contributed by atoms with Crippen molar-refractivity contribution in [1.82, 2.24) is 0 Å². The fraction of sp³-hybridized carbons (Fsp3) is 0.875. The van der Waals surface area contributed by atoms with Gasteiger partial charge in [-0.25, -0.2) is 0 Å². The normalized spacial score (nSPS) is 17.9. The molecule has 0 heteroatoms. The molecule has 96 valence electrons. The first-order valence-corrected chi connectivity index (χ1v) is 6.98. The number of hydrogen-bond acceptors (Lipinski definition) is 0. The summed E-state index contributed by atoms with van der Waals surface area (Å²) in [4.78, 5) is 0. The summed E-state index contributed by atoms with van der Waals surface area (Å²) >= 11 is 0. The van der Waals surface area contributed by atoms with Gasteiger partial charge in [-0.3, -0.25) is 0 Å². The summed E-state index contributed by atoms with van der Waals surface area (Å²) in [6.07, 6.45) is 7.16. The van der Waals surface area contributed by atoms with Gasteiger partial charge in [-0.05, 0) is 36.0 Å². The van der Waals surface area contributed by atoms with Crippen LogP contribution in [0.5, 0.6) is 0 Å². The molecule has 0 saturated carbocycles. The second-order valence-electron chi connectivity index (χ2n) is 6.27. The van der Waals surface area contributed by atoms with Gasteiger partial charge < -0.3 is 0 Å². The van der Waals surface area contributed by atoms with Gasteiger partial charge in [0.2, 0.25) is 0 Å². The molecule has 0 fully saturated rings. The van der Waals surface area contributed by atoms with E-state index in [9.17, 15) is 0 Å². The van der Waals surface area contributed by atoms with Crippen LogP contribution in [0.15, 0.2) is 12.7 Å². The molecular weight excluding hydrogens is 192 g/mol. The van der Waals surface area contributed by atoms with Gasteiger partial charge in [0.15, 0.2) is 0 Å². The van der Waals surface area contributed by atoms with Crippen molar-refractivity contribution in [3.63, 3.8) is 0 Å². The lowest BCUT2D eigenvalue weighted by Gasteiger charge is -2.34. The van der Waals surface area contributed by atoms with Crippen molar-refractivity contribution in [2.75, 3.05) is 0 Å². The van der Waals surface area contributed by atoms with Gasteiger partial charge in [-0.15, -0.1) is 6.58 Å². The predicted octanol–water partition coefficient (Wildman–Crippen LogP) is 5.69. The minimum absolute atomic E-state index is 0.421. The zero-order chi connectivity index (χ0) is 12.8. The quantitative estimate of drug-likeness (QED) is 0.465. The van der Waals surface area contributed by atoms with Gasteiger partial charge in [-0.2, -0.15) is 0 Å². The Bertz CT molecular complexity index is 190. The molecule has 3 atom stereocenters. The van der Waals surface area contributed by atoms with Gasteiger partial charge in [0.25, 0.3) is 0 Å². The predicted molar refractivity (Wildman–Crippen MR) is 75.6 cm³/mol. The summed E-state index contributed by atoms with van der Waals surface area (Å²) in [6, 6.07) is 0. The van der Waals surface area contributed by atoms with Crippen molar-refractivity contribution in [2.24, 2.45) is 23.2 Å². The van der Waals surface area contributed by atoms with Crippen LogP contribution < -0.4 is 0 Å². The van der Waals surface area contributed by atoms with Crippen molar-refractivity contribution in [1.29, 1.82) is 0 Å². The maximum absolute atomic E-state index is 3.88. The van der Waals surface area contributed by atoms with Crippen LogP contribution in [-0.4, -0.2) is 0 Å². The van der Waals surface area contributed by atoms with E-state index in [-0.39, 0.29) is 0 Å². The highest BCUT2D eigenvalue weighted by Crippen LogP contribution is 2.37. The van der Waals surface area contributed by atoms with Crippen molar-refractivity contribution in [2.45, 2.75) is 67.2 Å². The van der Waals surface area contributed by atoms with Crippen LogP contribution >= 0.6 is 0 Å². The average molecular weight is 224 g/mol. The van der Waals surface area contributed by atoms with E-state index >= 15 is 0 Å². The molecule has 0 bridgehead atoms. The zero-order valence-electron chi connectivity index (χ0n) is 12.3. The van der Waals surface area contributed by atoms with E-state index in [0.29, 0.717) is 5.41 Å². The monoisotopic (exact) mass is 224 g/mol. The standard InChI is InChI=1S/C16H32/c1-8-11-16(6,7)12-15(10-3)14(5)13(4)9-2/h8,13-15H,1,9-12H2,2-7H3. The Morgan fingerprint density at radius 3 is 2.06 bits per heavy atom. The van der Waals surface area contributed by atoms with Gasteiger partial charge in [-0.1, -0.05) is 60.5 Å². The van der Waals surface area contributed by atoms with Crippen LogP contribution in [0.4, 0.5) is 0 Å². The summed E-state index contributed by atoms with van der Waals surface area (Å²) in [5.41, 5.74) is 0.421. The van der Waals surface area contributed by atoms with E-state index in [4.69, 9.17) is 0 Å². The Morgan fingerprint density at radius 2 is 1.69 bits per heavy atom. The van der Waals surface area contributed by atoms with Crippen LogP contribution in [-0.2, 0) is 0 Å². The molecule has 0 amide bonds. The maximum atomic E-state index is 3.88. The smallest absolute Gasteiger partial charge is 0.0302 e. The fourth-order valence-corrected chi connectivity index (χ4v) is 2.72. The first-order chi connectivity index (χ1) is 7.37. The second-order valence-corrected chi connectivity index (χ2v) is 6.27. The lowest BCUT2D eigenvalue weighted by atomic mass is 9.71. The largest absolute Gasteiger partial charge is 0.103 e. The van der Waals surface area contributed by atoms with Crippen LogP contribution in [0.1, 0.15) is 67.2 Å². The summed E-state index contributed by atoms with van der Waals surface area (Å²) in [5.74, 6) is 2.56. The number of rotatable bonds is 8. The van der Waals surface area contributed by atoms with Gasteiger partial charge in [0.05, 0.1) is 0 Å². The summed E-state index contributed by atoms with van der Waals surface area (Å²) in [6.45, 7) is 18.1. The first kappa shape index (κ1) is 15.7. The van der Waals surface area contributed by atoms with E-state index in [0.717, 1.165) is 24.2 Å². The first-order valence-electron chi connectivity index (χ1n) is 6.98. The minimum atomic E-state index is 0.421. The molecule has 0 saturated heterocycles. The molecule has 0 aliphatic carbocycles. The van der Waals surface area contributed by atoms with E-state index in [1.165, 1.54) is 19.3 Å². The topological polar surface area (TPSA) is 0 Å². The van der Waals surface area contributed by atoms with E-state index in [1.54, 1.807) is 0 Å². The lowest BCUT2D eigenvalue weighted by Crippen LogP contribution is -2.24. The Morgan fingerprint density at radius 1 is 1.12 bits per heavy atom. The van der Waals surface area contributed by atoms with Crippen molar-refractivity contribution < 1.29 is 0 Å². The minimum Gasteiger partial charge on any atom is -0.103 e. The van der Waals surface area contributed by atoms with E-state index < -0.39 is 0 Å². The third-order valence-corrected chi connectivity index (χ3v) is 4.32. The SMILES string of the molecule is C=CCC(C)(C)CC(CC)C(C)C(C)CC. The number of hydrogen-bond donors (Lipinski definition) is 0. The molecule has 0 aromatic heterocycles. The molecule has 0 aromatic carbocycles. The molecule has 0 aliphatic heterocycles. The highest BCUT2D eigenvalue weighted by atomic mass is 14.3. The molecule has 0 nitrogen and oxygen atoms in total. The van der Waals surface area contributed by atoms with Crippen LogP contribution in [0, 0.1) is 23.2 Å². The third kappa shape index (κ3) is 5.18. The highest BCUT2D eigenvalue weighted by molar-refractivity contribution is 4.83. The second kappa shape index (κ2) is 7.14. The summed E-state index contributed by atoms with van der Waals surface area (Å²) in [5, 5.41) is 0. The Hall–Kier alpha value is -0.260. The van der Waals surface area contributed by atoms with Crippen LogP contribution in [0.25, 0.3) is 0 Å². The van der Waals surface area contributed by atoms with Crippen molar-refractivity contribution in [3.05, 3.63) is 12.7 Å². The summed E-state index contributed by atoms with van der Waals surface area (Å²) < 4.78 is 0. The Balaban J connectivity index is 4.44. The molecule has 0 aliphatic rings. The van der Waals surface area contributed by atoms with Gasteiger partial charge >= 0.3 is 0 Å². The molecule has 0 spiro atoms. The van der Waals surface area contributed by atoms with Gasteiger partial charge in [0, 0.05) is 0 Å². The molecule has 3 unspecified atom stereocenters. The van der Waals surface area contributed by atoms with Crippen molar-refractivity contribution in [3.8, 4) is 0 Å². The fourth-order valence-electron chi connectivity index (χ4n) is 2.72. The lowest BCUT2D eigenvalue weighted by molar-refractivity contribution is 0.170. The molecule has 0 N–H and O–H groups in total. The highest BCUT2D eigenvalue weighted by Gasteiger charge is 2.26. The number of allylic oxidation sites excluding steroid dienone is 1.